The van der Waals surface area contributed by atoms with E-state index in [2.05, 4.69) is 4.72 Å². The first kappa shape index (κ1) is 20.9. The quantitative estimate of drug-likeness (QED) is 0.610. The second-order valence-corrected chi connectivity index (χ2v) is 9.50. The number of anilines is 1. The summed E-state index contributed by atoms with van der Waals surface area (Å²) in [6.07, 6.45) is 4.19. The molecule has 1 N–H and O–H groups in total. The standard InChI is InChI=1S/C20H23IN2O4S/c1-27-19-11-10-15(14-17(19)21)28(25,26)22-18-9-5-4-8-16(18)20(24)23-12-6-2-3-7-13-23/h4-5,8-11,14,22H,2-3,6-7,12-13H2,1H3. The lowest BCUT2D eigenvalue weighted by Gasteiger charge is -2.22. The maximum Gasteiger partial charge on any atom is 0.261 e. The third kappa shape index (κ3) is 4.78. The van der Waals surface area contributed by atoms with Gasteiger partial charge in [0.15, 0.2) is 0 Å². The second kappa shape index (κ2) is 9.13. The molecular formula is C20H23IN2O4S. The van der Waals surface area contributed by atoms with Crippen LogP contribution in [-0.2, 0) is 10.0 Å². The van der Waals surface area contributed by atoms with E-state index < -0.39 is 10.0 Å². The second-order valence-electron chi connectivity index (χ2n) is 6.65. The molecule has 0 atom stereocenters. The number of carbonyl (C=O) groups is 1. The molecule has 0 aromatic heterocycles. The van der Waals surface area contributed by atoms with Gasteiger partial charge in [-0.3, -0.25) is 9.52 Å². The van der Waals surface area contributed by atoms with Crippen LogP contribution >= 0.6 is 22.6 Å². The molecule has 1 fully saturated rings. The van der Waals surface area contributed by atoms with E-state index in [1.165, 1.54) is 13.2 Å². The number of para-hydroxylation sites is 1. The fourth-order valence-corrected chi connectivity index (χ4v) is 5.27. The summed E-state index contributed by atoms with van der Waals surface area (Å²) >= 11 is 2.03. The van der Waals surface area contributed by atoms with Gasteiger partial charge in [-0.05, 0) is 65.8 Å². The van der Waals surface area contributed by atoms with Crippen molar-refractivity contribution in [3.05, 3.63) is 51.6 Å². The van der Waals surface area contributed by atoms with E-state index in [0.717, 1.165) is 25.7 Å². The summed E-state index contributed by atoms with van der Waals surface area (Å²) in [5.41, 5.74) is 0.666. The Labute approximate surface area is 179 Å². The van der Waals surface area contributed by atoms with Gasteiger partial charge in [-0.1, -0.05) is 25.0 Å². The van der Waals surface area contributed by atoms with Gasteiger partial charge in [-0.25, -0.2) is 8.42 Å². The van der Waals surface area contributed by atoms with Crippen molar-refractivity contribution in [2.45, 2.75) is 30.6 Å². The number of hydrogen-bond donors (Lipinski definition) is 1. The average molecular weight is 514 g/mol. The molecule has 1 amide bonds. The molecule has 1 saturated heterocycles. The Morgan fingerprint density at radius 3 is 2.39 bits per heavy atom. The first-order valence-corrected chi connectivity index (χ1v) is 11.7. The fourth-order valence-electron chi connectivity index (χ4n) is 3.22. The van der Waals surface area contributed by atoms with Gasteiger partial charge >= 0.3 is 0 Å². The topological polar surface area (TPSA) is 75.7 Å². The van der Waals surface area contributed by atoms with Crippen LogP contribution < -0.4 is 9.46 Å². The molecule has 1 aliphatic heterocycles. The lowest BCUT2D eigenvalue weighted by Crippen LogP contribution is -2.32. The number of amides is 1. The molecule has 1 aliphatic rings. The molecule has 0 spiro atoms. The van der Waals surface area contributed by atoms with Crippen molar-refractivity contribution in [1.82, 2.24) is 4.90 Å². The minimum absolute atomic E-state index is 0.120. The monoisotopic (exact) mass is 514 g/mol. The van der Waals surface area contributed by atoms with Crippen molar-refractivity contribution < 1.29 is 17.9 Å². The average Bonchev–Trinajstić information content (AvgIpc) is 2.97. The van der Waals surface area contributed by atoms with Crippen LogP contribution in [0.5, 0.6) is 5.75 Å². The third-order valence-corrected chi connectivity index (χ3v) is 6.93. The molecule has 0 saturated carbocycles. The lowest BCUT2D eigenvalue weighted by atomic mass is 10.1. The summed E-state index contributed by atoms with van der Waals surface area (Å²) in [7, 11) is -2.30. The lowest BCUT2D eigenvalue weighted by molar-refractivity contribution is 0.0762. The van der Waals surface area contributed by atoms with Gasteiger partial charge in [0.1, 0.15) is 5.75 Å². The van der Waals surface area contributed by atoms with E-state index in [9.17, 15) is 13.2 Å². The minimum atomic E-state index is -3.84. The van der Waals surface area contributed by atoms with Crippen LogP contribution in [0.25, 0.3) is 0 Å². The Bertz CT molecular complexity index is 954. The van der Waals surface area contributed by atoms with Gasteiger partial charge < -0.3 is 9.64 Å². The molecule has 0 unspecified atom stereocenters. The Kier molecular flexibility index (Phi) is 6.82. The first-order chi connectivity index (χ1) is 13.4. The highest BCUT2D eigenvalue weighted by Gasteiger charge is 2.23. The highest BCUT2D eigenvalue weighted by molar-refractivity contribution is 14.1. The van der Waals surface area contributed by atoms with E-state index in [1.807, 2.05) is 27.5 Å². The number of carbonyl (C=O) groups excluding carboxylic acids is 1. The molecule has 150 valence electrons. The molecule has 0 bridgehead atoms. The maximum absolute atomic E-state index is 13.0. The zero-order valence-corrected chi connectivity index (χ0v) is 18.6. The molecule has 28 heavy (non-hydrogen) atoms. The van der Waals surface area contributed by atoms with Crippen LogP contribution in [0, 0.1) is 3.57 Å². The highest BCUT2D eigenvalue weighted by Crippen LogP contribution is 2.27. The molecule has 0 radical (unpaired) electrons. The van der Waals surface area contributed by atoms with Gasteiger partial charge in [-0.15, -0.1) is 0 Å². The predicted molar refractivity (Wildman–Crippen MR) is 117 cm³/mol. The normalized spacial score (nSPS) is 15.0. The van der Waals surface area contributed by atoms with Crippen molar-refractivity contribution in [2.24, 2.45) is 0 Å². The van der Waals surface area contributed by atoms with E-state index in [-0.39, 0.29) is 10.8 Å². The Morgan fingerprint density at radius 2 is 1.75 bits per heavy atom. The molecule has 8 heteroatoms. The summed E-state index contributed by atoms with van der Waals surface area (Å²) < 4.78 is 34.2. The number of sulfonamides is 1. The number of methoxy groups -OCH3 is 1. The zero-order chi connectivity index (χ0) is 20.1. The number of halogens is 1. The zero-order valence-electron chi connectivity index (χ0n) is 15.7. The maximum atomic E-state index is 13.0. The number of hydrogen-bond acceptors (Lipinski definition) is 4. The van der Waals surface area contributed by atoms with E-state index >= 15 is 0 Å². The summed E-state index contributed by atoms with van der Waals surface area (Å²) in [5, 5.41) is 0. The molecule has 3 rings (SSSR count). The molecule has 0 aliphatic carbocycles. The van der Waals surface area contributed by atoms with Crippen LogP contribution in [0.4, 0.5) is 5.69 Å². The largest absolute Gasteiger partial charge is 0.496 e. The number of ether oxygens (including phenoxy) is 1. The highest BCUT2D eigenvalue weighted by atomic mass is 127. The number of nitrogens with one attached hydrogen (secondary N) is 1. The summed E-state index contributed by atoms with van der Waals surface area (Å²) in [5.74, 6) is 0.473. The van der Waals surface area contributed by atoms with Gasteiger partial charge in [0.2, 0.25) is 0 Å². The van der Waals surface area contributed by atoms with Gasteiger partial charge in [0, 0.05) is 13.1 Å². The molecule has 6 nitrogen and oxygen atoms in total. The van der Waals surface area contributed by atoms with E-state index in [1.54, 1.807) is 36.4 Å². The van der Waals surface area contributed by atoms with Crippen LogP contribution in [0.2, 0.25) is 0 Å². The van der Waals surface area contributed by atoms with Gasteiger partial charge in [0.05, 0.1) is 26.8 Å². The summed E-state index contributed by atoms with van der Waals surface area (Å²) in [4.78, 5) is 14.9. The Morgan fingerprint density at radius 1 is 1.07 bits per heavy atom. The third-order valence-electron chi connectivity index (χ3n) is 4.73. The number of rotatable bonds is 5. The van der Waals surface area contributed by atoms with E-state index in [4.69, 9.17) is 4.74 Å². The predicted octanol–water partition coefficient (Wildman–Crippen LogP) is 4.12. The van der Waals surface area contributed by atoms with Crippen molar-refractivity contribution in [1.29, 1.82) is 0 Å². The van der Waals surface area contributed by atoms with Crippen molar-refractivity contribution in [3.8, 4) is 5.75 Å². The summed E-state index contributed by atoms with van der Waals surface area (Å²) in [6.45, 7) is 1.41. The van der Waals surface area contributed by atoms with Crippen molar-refractivity contribution >= 4 is 44.2 Å². The Hall–Kier alpha value is -1.81. The number of benzene rings is 2. The first-order valence-electron chi connectivity index (χ1n) is 9.17. The molecule has 2 aromatic rings. The molecular weight excluding hydrogens is 491 g/mol. The Balaban J connectivity index is 1.88. The van der Waals surface area contributed by atoms with Crippen LogP contribution in [-0.4, -0.2) is 39.4 Å². The SMILES string of the molecule is COc1ccc(S(=O)(=O)Nc2ccccc2C(=O)N2CCCCCC2)cc1I. The van der Waals surface area contributed by atoms with E-state index in [0.29, 0.717) is 33.7 Å². The number of nitrogens with zero attached hydrogens (tertiary/aromatic N) is 1. The van der Waals surface area contributed by atoms with Gasteiger partial charge in [0.25, 0.3) is 15.9 Å². The van der Waals surface area contributed by atoms with Crippen LogP contribution in [0.3, 0.4) is 0 Å². The summed E-state index contributed by atoms with van der Waals surface area (Å²) in [6, 6.07) is 11.4. The molecule has 1 heterocycles. The van der Waals surface area contributed by atoms with Crippen molar-refractivity contribution in [3.63, 3.8) is 0 Å². The van der Waals surface area contributed by atoms with Crippen LogP contribution in [0.15, 0.2) is 47.4 Å². The van der Waals surface area contributed by atoms with Crippen LogP contribution in [0.1, 0.15) is 36.0 Å². The van der Waals surface area contributed by atoms with Crippen molar-refractivity contribution in [2.75, 3.05) is 24.9 Å². The number of likely N-dealkylation sites (tertiary alicyclic amines) is 1. The molecule has 2 aromatic carbocycles. The van der Waals surface area contributed by atoms with Gasteiger partial charge in [-0.2, -0.15) is 0 Å². The smallest absolute Gasteiger partial charge is 0.261 e. The fraction of sp³-hybridized carbons (Fsp3) is 0.350. The minimum Gasteiger partial charge on any atom is -0.496 e.